The predicted molar refractivity (Wildman–Crippen MR) is 104 cm³/mol. The quantitative estimate of drug-likeness (QED) is 0.412. The van der Waals surface area contributed by atoms with E-state index in [1.165, 1.54) is 36.0 Å². The maximum atomic E-state index is 5.17. The van der Waals surface area contributed by atoms with Gasteiger partial charge in [0.25, 0.3) is 0 Å². The molecule has 0 bridgehead atoms. The van der Waals surface area contributed by atoms with Crippen molar-refractivity contribution in [3.05, 3.63) is 58.7 Å². The molecule has 0 aromatic heterocycles. The molecule has 2 heteroatoms. The molecule has 0 radical (unpaired) electrons. The molecule has 0 atom stereocenters. The Morgan fingerprint density at radius 3 is 2.33 bits per heavy atom. The van der Waals surface area contributed by atoms with Crippen LogP contribution in [0.2, 0.25) is 0 Å². The van der Waals surface area contributed by atoms with Gasteiger partial charge in [-0.25, -0.2) is 0 Å². The Hall–Kier alpha value is -1.38. The highest BCUT2D eigenvalue weighted by Gasteiger charge is 2.26. The first-order chi connectivity index (χ1) is 11.3. The third kappa shape index (κ3) is 6.62. The molecule has 134 valence electrons. The summed E-state index contributed by atoms with van der Waals surface area (Å²) < 4.78 is 10.3. The van der Waals surface area contributed by atoms with Crippen molar-refractivity contribution < 1.29 is 9.47 Å². The monoisotopic (exact) mass is 330 g/mol. The Bertz CT molecular complexity index is 553. The molecule has 0 N–H and O–H groups in total. The van der Waals surface area contributed by atoms with Crippen LogP contribution in [0.15, 0.2) is 58.7 Å². The first-order valence-electron chi connectivity index (χ1n) is 8.77. The molecule has 2 nitrogen and oxygen atoms in total. The first kappa shape index (κ1) is 20.7. The first-order valence-corrected chi connectivity index (χ1v) is 8.77. The number of hydrogen-bond acceptors (Lipinski definition) is 2. The lowest BCUT2D eigenvalue weighted by atomic mass is 9.72. The molecule has 0 spiro atoms. The van der Waals surface area contributed by atoms with Crippen molar-refractivity contribution in [1.29, 1.82) is 0 Å². The van der Waals surface area contributed by atoms with E-state index in [0.717, 1.165) is 5.57 Å². The van der Waals surface area contributed by atoms with Gasteiger partial charge >= 0.3 is 0 Å². The highest BCUT2D eigenvalue weighted by Crippen LogP contribution is 2.40. The minimum Gasteiger partial charge on any atom is -0.352 e. The number of rotatable bonds is 7. The van der Waals surface area contributed by atoms with Crippen molar-refractivity contribution in [2.45, 2.75) is 60.2 Å². The average molecular weight is 331 g/mol. The second-order valence-corrected chi connectivity index (χ2v) is 7.29. The van der Waals surface area contributed by atoms with Gasteiger partial charge in [0, 0.05) is 14.2 Å². The summed E-state index contributed by atoms with van der Waals surface area (Å²) in [5.74, 6) is 0. The van der Waals surface area contributed by atoms with E-state index in [0.29, 0.717) is 5.41 Å². The van der Waals surface area contributed by atoms with Crippen LogP contribution in [0.1, 0.15) is 53.9 Å². The van der Waals surface area contributed by atoms with Crippen molar-refractivity contribution in [1.82, 2.24) is 0 Å². The van der Waals surface area contributed by atoms with Crippen molar-refractivity contribution in [2.24, 2.45) is 5.41 Å². The maximum absolute atomic E-state index is 5.17. The van der Waals surface area contributed by atoms with Gasteiger partial charge in [-0.15, -0.1) is 0 Å². The summed E-state index contributed by atoms with van der Waals surface area (Å²) in [6.07, 6.45) is 16.3. The van der Waals surface area contributed by atoms with Gasteiger partial charge in [-0.3, -0.25) is 0 Å². The van der Waals surface area contributed by atoms with Crippen molar-refractivity contribution in [3.8, 4) is 0 Å². The van der Waals surface area contributed by atoms with Gasteiger partial charge < -0.3 is 9.47 Å². The molecule has 0 unspecified atom stereocenters. The SMILES string of the molecule is COC(\C=C(C)/C=C/C=C(C)\C=C/C1=C(C)CCCC1(C)C)OC. The van der Waals surface area contributed by atoms with Crippen molar-refractivity contribution in [2.75, 3.05) is 14.2 Å². The largest absolute Gasteiger partial charge is 0.352 e. The molecule has 0 aromatic carbocycles. The number of methoxy groups -OCH3 is 2. The minimum absolute atomic E-state index is 0.289. The Labute approximate surface area is 148 Å². The molecular formula is C22H34O2. The number of hydrogen-bond donors (Lipinski definition) is 0. The standard InChI is InChI=1S/C22H34O2/c1-17(10-8-11-18(2)16-21(23-6)24-7)13-14-20-19(3)12-9-15-22(20,4)5/h8,10-11,13-14,16,21H,9,12,15H2,1-7H3/b11-8+,14-13-,17-10-,18-16-. The molecule has 0 amide bonds. The molecule has 24 heavy (non-hydrogen) atoms. The van der Waals surface area contributed by atoms with Crippen LogP contribution in [-0.4, -0.2) is 20.5 Å². The molecule has 1 aliphatic carbocycles. The van der Waals surface area contributed by atoms with Crippen LogP contribution >= 0.6 is 0 Å². The van der Waals surface area contributed by atoms with Crippen LogP contribution in [0, 0.1) is 5.41 Å². The highest BCUT2D eigenvalue weighted by atomic mass is 16.7. The van der Waals surface area contributed by atoms with Gasteiger partial charge in [-0.2, -0.15) is 0 Å². The van der Waals surface area contributed by atoms with Crippen LogP contribution in [0.3, 0.4) is 0 Å². The summed E-state index contributed by atoms with van der Waals surface area (Å²) in [6.45, 7) is 11.2. The summed E-state index contributed by atoms with van der Waals surface area (Å²) >= 11 is 0. The van der Waals surface area contributed by atoms with Gasteiger partial charge in [0.15, 0.2) is 6.29 Å². The zero-order valence-electron chi connectivity index (χ0n) is 16.5. The van der Waals surface area contributed by atoms with Gasteiger partial charge in [0.05, 0.1) is 0 Å². The summed E-state index contributed by atoms with van der Waals surface area (Å²) in [5.41, 5.74) is 5.70. The maximum Gasteiger partial charge on any atom is 0.176 e. The molecule has 0 fully saturated rings. The lowest BCUT2D eigenvalue weighted by Gasteiger charge is -2.32. The zero-order valence-corrected chi connectivity index (χ0v) is 16.5. The topological polar surface area (TPSA) is 18.5 Å². The van der Waals surface area contributed by atoms with E-state index >= 15 is 0 Å². The fraction of sp³-hybridized carbons (Fsp3) is 0.545. The highest BCUT2D eigenvalue weighted by molar-refractivity contribution is 5.37. The van der Waals surface area contributed by atoms with Crippen LogP contribution < -0.4 is 0 Å². The lowest BCUT2D eigenvalue weighted by Crippen LogP contribution is -2.19. The number of allylic oxidation sites excluding steroid dienone is 9. The number of ether oxygens (including phenoxy) is 2. The summed E-state index contributed by atoms with van der Waals surface area (Å²) in [6, 6.07) is 0. The second-order valence-electron chi connectivity index (χ2n) is 7.29. The Balaban J connectivity index is 2.75. The third-order valence-corrected chi connectivity index (χ3v) is 4.64. The normalized spacial score (nSPS) is 20.0. The van der Waals surface area contributed by atoms with Crippen LogP contribution in [0.4, 0.5) is 0 Å². The van der Waals surface area contributed by atoms with E-state index in [1.54, 1.807) is 14.2 Å². The van der Waals surface area contributed by atoms with Crippen LogP contribution in [0.5, 0.6) is 0 Å². The van der Waals surface area contributed by atoms with Gasteiger partial charge in [-0.05, 0) is 57.1 Å². The summed E-state index contributed by atoms with van der Waals surface area (Å²) in [4.78, 5) is 0. The van der Waals surface area contributed by atoms with Gasteiger partial charge in [-0.1, -0.05) is 60.9 Å². The van der Waals surface area contributed by atoms with E-state index in [9.17, 15) is 0 Å². The van der Waals surface area contributed by atoms with Gasteiger partial charge in [0.2, 0.25) is 0 Å². The average Bonchev–Trinajstić information content (AvgIpc) is 2.51. The Kier molecular flexibility index (Phi) is 8.44. The van der Waals surface area contributed by atoms with E-state index in [-0.39, 0.29) is 6.29 Å². The van der Waals surface area contributed by atoms with E-state index in [1.807, 2.05) is 13.0 Å². The minimum atomic E-state index is -0.289. The molecule has 0 saturated heterocycles. The molecule has 0 heterocycles. The van der Waals surface area contributed by atoms with E-state index in [4.69, 9.17) is 9.47 Å². The molecular weight excluding hydrogens is 296 g/mol. The fourth-order valence-electron chi connectivity index (χ4n) is 3.13. The third-order valence-electron chi connectivity index (χ3n) is 4.64. The van der Waals surface area contributed by atoms with Crippen molar-refractivity contribution in [3.63, 3.8) is 0 Å². The lowest BCUT2D eigenvalue weighted by molar-refractivity contribution is -0.0669. The second kappa shape index (κ2) is 9.80. The van der Waals surface area contributed by atoms with Crippen LogP contribution in [-0.2, 0) is 9.47 Å². The fourth-order valence-corrected chi connectivity index (χ4v) is 3.13. The molecule has 0 aliphatic heterocycles. The van der Waals surface area contributed by atoms with E-state index in [2.05, 4.69) is 58.1 Å². The Morgan fingerprint density at radius 2 is 1.75 bits per heavy atom. The summed E-state index contributed by atoms with van der Waals surface area (Å²) in [7, 11) is 3.28. The predicted octanol–water partition coefficient (Wildman–Crippen LogP) is 6.14. The van der Waals surface area contributed by atoms with Gasteiger partial charge in [0.1, 0.15) is 0 Å². The molecule has 0 saturated carbocycles. The molecule has 1 rings (SSSR count). The summed E-state index contributed by atoms with van der Waals surface area (Å²) in [5, 5.41) is 0. The van der Waals surface area contributed by atoms with Crippen molar-refractivity contribution >= 4 is 0 Å². The zero-order chi connectivity index (χ0) is 18.2. The molecule has 1 aliphatic rings. The smallest absolute Gasteiger partial charge is 0.176 e. The Morgan fingerprint density at radius 1 is 1.08 bits per heavy atom. The van der Waals surface area contributed by atoms with E-state index < -0.39 is 0 Å². The van der Waals surface area contributed by atoms with Crippen LogP contribution in [0.25, 0.3) is 0 Å². The molecule has 0 aromatic rings.